The maximum Gasteiger partial charge on any atom is 0.387 e. The molecule has 1 saturated heterocycles. The van der Waals surface area contributed by atoms with Crippen LogP contribution in [0.1, 0.15) is 12.8 Å². The molecule has 1 fully saturated rings. The maximum absolute atomic E-state index is 12.1. The lowest BCUT2D eigenvalue weighted by atomic mass is 10.3. The van der Waals surface area contributed by atoms with Crippen molar-refractivity contribution in [2.45, 2.75) is 19.5 Å². The molecule has 1 aliphatic rings. The number of ether oxygens (including phenoxy) is 2. The van der Waals surface area contributed by atoms with Crippen LogP contribution in [0.25, 0.3) is 0 Å². The molecule has 1 heterocycles. The second kappa shape index (κ2) is 10.3. The summed E-state index contributed by atoms with van der Waals surface area (Å²) in [7, 11) is 0. The van der Waals surface area contributed by atoms with Gasteiger partial charge in [0.25, 0.3) is 5.91 Å². The Morgan fingerprint density at radius 1 is 1.23 bits per heavy atom. The van der Waals surface area contributed by atoms with Crippen molar-refractivity contribution in [3.05, 3.63) is 24.3 Å². The summed E-state index contributed by atoms with van der Waals surface area (Å²) in [5.41, 5.74) is 0.372. The minimum atomic E-state index is -2.91. The van der Waals surface area contributed by atoms with Gasteiger partial charge in [-0.25, -0.2) is 0 Å². The zero-order chi connectivity index (χ0) is 18.9. The Bertz CT molecular complexity index is 638. The van der Waals surface area contributed by atoms with Crippen LogP contribution < -0.4 is 10.1 Å². The Morgan fingerprint density at radius 2 is 1.88 bits per heavy atom. The first kappa shape index (κ1) is 20.4. The third-order valence-electron chi connectivity index (χ3n) is 3.41. The summed E-state index contributed by atoms with van der Waals surface area (Å²) in [6.45, 7) is -1.54. The predicted octanol–water partition coefficient (Wildman–Crippen LogP) is 2.88. The summed E-state index contributed by atoms with van der Waals surface area (Å²) in [6.07, 6.45) is 2.20. The molecule has 0 aromatic heterocycles. The summed E-state index contributed by atoms with van der Waals surface area (Å²) in [5.74, 6) is -1.04. The van der Waals surface area contributed by atoms with Crippen LogP contribution in [0, 0.1) is 0 Å². The van der Waals surface area contributed by atoms with E-state index >= 15 is 0 Å². The summed E-state index contributed by atoms with van der Waals surface area (Å²) < 4.78 is 33.9. The minimum Gasteiger partial charge on any atom is -0.455 e. The van der Waals surface area contributed by atoms with Crippen molar-refractivity contribution >= 4 is 45.9 Å². The molecule has 6 nitrogen and oxygen atoms in total. The van der Waals surface area contributed by atoms with Crippen LogP contribution in [0.3, 0.4) is 0 Å². The van der Waals surface area contributed by atoms with Crippen LogP contribution in [0.5, 0.6) is 5.75 Å². The fourth-order valence-corrected chi connectivity index (χ4v) is 3.27. The van der Waals surface area contributed by atoms with Gasteiger partial charge in [0.2, 0.25) is 0 Å². The number of hydrogen-bond donors (Lipinski definition) is 1. The number of halogens is 2. The largest absolute Gasteiger partial charge is 0.455 e. The Morgan fingerprint density at radius 3 is 2.50 bits per heavy atom. The second-order valence-corrected chi connectivity index (χ2v) is 6.97. The Kier molecular flexibility index (Phi) is 8.05. The zero-order valence-corrected chi connectivity index (χ0v) is 15.4. The van der Waals surface area contributed by atoms with Crippen molar-refractivity contribution < 1.29 is 27.8 Å². The number of amides is 1. The topological polar surface area (TPSA) is 67.9 Å². The molecule has 1 aromatic rings. The maximum atomic E-state index is 12.1. The number of likely N-dealkylation sites (tertiary alicyclic amines) is 1. The number of thioether (sulfide) groups is 1. The normalized spacial score (nSPS) is 13.6. The predicted molar refractivity (Wildman–Crippen MR) is 98.5 cm³/mol. The summed E-state index contributed by atoms with van der Waals surface area (Å²) in [4.78, 5) is 25.5. The van der Waals surface area contributed by atoms with Gasteiger partial charge in [-0.3, -0.25) is 9.59 Å². The lowest BCUT2D eigenvalue weighted by Crippen LogP contribution is -2.25. The molecule has 142 valence electrons. The van der Waals surface area contributed by atoms with Gasteiger partial charge in [0, 0.05) is 18.8 Å². The van der Waals surface area contributed by atoms with E-state index in [0.717, 1.165) is 25.9 Å². The second-order valence-electron chi connectivity index (χ2n) is 5.36. The minimum absolute atomic E-state index is 0.0181. The van der Waals surface area contributed by atoms with Crippen molar-refractivity contribution in [2.75, 3.05) is 30.8 Å². The molecule has 0 unspecified atom stereocenters. The molecule has 1 aliphatic heterocycles. The van der Waals surface area contributed by atoms with Crippen molar-refractivity contribution in [2.24, 2.45) is 0 Å². The molecule has 10 heteroatoms. The number of thiocarbonyl (C=S) groups is 1. The number of esters is 1. The van der Waals surface area contributed by atoms with E-state index in [2.05, 4.69) is 10.1 Å². The first-order valence-corrected chi connectivity index (χ1v) is 9.25. The molecular formula is C16H18F2N2O4S2. The number of benzene rings is 1. The third-order valence-corrected chi connectivity index (χ3v) is 4.90. The SMILES string of the molecule is O=C(COC(=O)CSC(=S)N1CCCC1)Nc1ccc(OC(F)F)cc1. The molecule has 1 amide bonds. The average Bonchev–Trinajstić information content (AvgIpc) is 3.14. The molecule has 0 atom stereocenters. The van der Waals surface area contributed by atoms with E-state index in [0.29, 0.717) is 10.0 Å². The molecule has 0 spiro atoms. The summed E-state index contributed by atoms with van der Waals surface area (Å²) >= 11 is 6.46. The third kappa shape index (κ3) is 7.12. The highest BCUT2D eigenvalue weighted by atomic mass is 32.2. The molecular weight excluding hydrogens is 386 g/mol. The van der Waals surface area contributed by atoms with Gasteiger partial charge in [-0.05, 0) is 37.1 Å². The molecule has 0 aliphatic carbocycles. The highest BCUT2D eigenvalue weighted by Crippen LogP contribution is 2.18. The van der Waals surface area contributed by atoms with Crippen LogP contribution in [0.2, 0.25) is 0 Å². The van der Waals surface area contributed by atoms with E-state index in [-0.39, 0.29) is 11.5 Å². The zero-order valence-electron chi connectivity index (χ0n) is 13.8. The fourth-order valence-electron chi connectivity index (χ4n) is 2.22. The van der Waals surface area contributed by atoms with Crippen LogP contribution >= 0.6 is 24.0 Å². The van der Waals surface area contributed by atoms with E-state index in [1.807, 2.05) is 4.90 Å². The van der Waals surface area contributed by atoms with Crippen LogP contribution in [-0.4, -0.2) is 53.2 Å². The number of nitrogens with one attached hydrogen (secondary N) is 1. The monoisotopic (exact) mass is 404 g/mol. The van der Waals surface area contributed by atoms with E-state index in [9.17, 15) is 18.4 Å². The molecule has 1 aromatic carbocycles. The number of hydrogen-bond acceptors (Lipinski definition) is 6. The van der Waals surface area contributed by atoms with Crippen molar-refractivity contribution in [1.29, 1.82) is 0 Å². The van der Waals surface area contributed by atoms with Gasteiger partial charge in [0.15, 0.2) is 6.61 Å². The van der Waals surface area contributed by atoms with E-state index < -0.39 is 25.1 Å². The first-order chi connectivity index (χ1) is 12.4. The molecule has 0 radical (unpaired) electrons. The number of nitrogens with zero attached hydrogens (tertiary/aromatic N) is 1. The highest BCUT2D eigenvalue weighted by molar-refractivity contribution is 8.23. The van der Waals surface area contributed by atoms with Gasteiger partial charge in [0.05, 0.1) is 5.75 Å². The van der Waals surface area contributed by atoms with Crippen molar-refractivity contribution in [1.82, 2.24) is 4.90 Å². The lowest BCUT2D eigenvalue weighted by molar-refractivity contribution is -0.144. The Hall–Kier alpha value is -1.94. The van der Waals surface area contributed by atoms with Crippen molar-refractivity contribution in [3.63, 3.8) is 0 Å². The van der Waals surface area contributed by atoms with Crippen LogP contribution in [0.15, 0.2) is 24.3 Å². The summed E-state index contributed by atoms with van der Waals surface area (Å²) in [6, 6.07) is 5.40. The fraction of sp³-hybridized carbons (Fsp3) is 0.438. The number of anilines is 1. The van der Waals surface area contributed by atoms with Crippen LogP contribution in [-0.2, 0) is 14.3 Å². The average molecular weight is 404 g/mol. The Labute approximate surface area is 159 Å². The van der Waals surface area contributed by atoms with Crippen molar-refractivity contribution in [3.8, 4) is 5.75 Å². The smallest absolute Gasteiger partial charge is 0.387 e. The molecule has 26 heavy (non-hydrogen) atoms. The number of carbonyl (C=O) groups excluding carboxylic acids is 2. The number of carbonyl (C=O) groups is 2. The molecule has 2 rings (SSSR count). The first-order valence-electron chi connectivity index (χ1n) is 7.86. The quantitative estimate of drug-likeness (QED) is 0.554. The van der Waals surface area contributed by atoms with Gasteiger partial charge in [-0.2, -0.15) is 8.78 Å². The van der Waals surface area contributed by atoms with E-state index in [4.69, 9.17) is 17.0 Å². The van der Waals surface area contributed by atoms with Gasteiger partial charge in [-0.15, -0.1) is 0 Å². The number of alkyl halides is 2. The lowest BCUT2D eigenvalue weighted by Gasteiger charge is -2.17. The van der Waals surface area contributed by atoms with Crippen LogP contribution in [0.4, 0.5) is 14.5 Å². The molecule has 0 bridgehead atoms. The van der Waals surface area contributed by atoms with E-state index in [1.165, 1.54) is 36.0 Å². The van der Waals surface area contributed by atoms with E-state index in [1.54, 1.807) is 0 Å². The Balaban J connectivity index is 1.65. The van der Waals surface area contributed by atoms with Gasteiger partial charge in [-0.1, -0.05) is 24.0 Å². The highest BCUT2D eigenvalue weighted by Gasteiger charge is 2.17. The molecule has 0 saturated carbocycles. The number of rotatable bonds is 7. The van der Waals surface area contributed by atoms with Gasteiger partial charge < -0.3 is 19.7 Å². The standard InChI is InChI=1S/C16H18F2N2O4S2/c17-15(18)24-12-5-3-11(4-6-12)19-13(21)9-23-14(22)10-26-16(25)20-7-1-2-8-20/h3-6,15H,1-2,7-10H2,(H,19,21). The van der Waals surface area contributed by atoms with Gasteiger partial charge >= 0.3 is 12.6 Å². The summed E-state index contributed by atoms with van der Waals surface area (Å²) in [5, 5.41) is 2.49. The molecule has 1 N–H and O–H groups in total. The van der Waals surface area contributed by atoms with Gasteiger partial charge in [0.1, 0.15) is 10.1 Å².